The Morgan fingerprint density at radius 3 is 2.26 bits per heavy atom. The molecule has 2 aromatic carbocycles. The lowest BCUT2D eigenvalue weighted by Gasteiger charge is -2.10. The molecule has 188 valence electrons. The van der Waals surface area contributed by atoms with E-state index in [2.05, 4.69) is 16.0 Å². The van der Waals surface area contributed by atoms with E-state index in [1.54, 1.807) is 14.0 Å². The van der Waals surface area contributed by atoms with Gasteiger partial charge >= 0.3 is 0 Å². The molecule has 0 unspecified atom stereocenters. The number of anilines is 1. The Balaban J connectivity index is 0.000000372. The minimum atomic E-state index is -0.530. The summed E-state index contributed by atoms with van der Waals surface area (Å²) in [5.41, 5.74) is 7.51. The van der Waals surface area contributed by atoms with Gasteiger partial charge in [-0.3, -0.25) is 25.2 Å². The number of hydrogen-bond acceptors (Lipinski definition) is 6. The molecule has 11 heteroatoms. The van der Waals surface area contributed by atoms with Crippen LogP contribution in [0.4, 0.5) is 5.69 Å². The third kappa shape index (κ3) is 8.04. The number of phenolic OH excluding ortho intramolecular Hbond substituents is 2. The van der Waals surface area contributed by atoms with Crippen LogP contribution in [-0.4, -0.2) is 45.3 Å². The molecule has 0 radical (unpaired) electrons. The van der Waals surface area contributed by atoms with Crippen LogP contribution >= 0.6 is 11.6 Å². The Labute approximate surface area is 209 Å². The highest BCUT2D eigenvalue weighted by Gasteiger charge is 2.21. The van der Waals surface area contributed by atoms with Gasteiger partial charge in [-0.1, -0.05) is 37.6 Å². The number of aromatic hydroxyl groups is 2. The number of carbonyl (C=O) groups is 3. The number of nitrogens with one attached hydrogen (secondary N) is 2. The third-order valence-electron chi connectivity index (χ3n) is 4.33. The molecule has 0 aliphatic rings. The molecule has 0 saturated heterocycles. The maximum Gasteiger partial charge on any atom is 0.289 e. The topological polar surface area (TPSA) is 137 Å². The summed E-state index contributed by atoms with van der Waals surface area (Å²) in [6, 6.07) is 11.7. The van der Waals surface area contributed by atoms with Crippen molar-refractivity contribution in [3.63, 3.8) is 0 Å². The lowest BCUT2D eigenvalue weighted by molar-refractivity contribution is -0.119. The Kier molecular flexibility index (Phi) is 11.3. The molecule has 0 bridgehead atoms. The zero-order valence-corrected chi connectivity index (χ0v) is 21.2. The van der Waals surface area contributed by atoms with Crippen molar-refractivity contribution in [2.75, 3.05) is 11.9 Å². The third-order valence-corrected chi connectivity index (χ3v) is 4.78. The molecule has 3 amide bonds. The molecule has 0 saturated carbocycles. The first-order valence-electron chi connectivity index (χ1n) is 10.6. The van der Waals surface area contributed by atoms with Gasteiger partial charge in [0.2, 0.25) is 12.3 Å². The Bertz CT molecular complexity index is 1180. The number of hydrogen-bond donors (Lipinski definition) is 4. The van der Waals surface area contributed by atoms with Crippen LogP contribution in [0, 0.1) is 13.8 Å². The lowest BCUT2D eigenvalue weighted by Crippen LogP contribution is -2.41. The largest absolute Gasteiger partial charge is 0.504 e. The maximum absolute atomic E-state index is 12.2. The summed E-state index contributed by atoms with van der Waals surface area (Å²) in [5.74, 6) is -1.34. The first-order valence-corrected chi connectivity index (χ1v) is 11.0. The number of aryl methyl sites for hydroxylation is 2. The molecule has 3 aromatic rings. The molecule has 35 heavy (non-hydrogen) atoms. The second kappa shape index (κ2) is 13.6. The van der Waals surface area contributed by atoms with Gasteiger partial charge in [-0.15, -0.1) is 0 Å². The highest BCUT2D eigenvalue weighted by molar-refractivity contribution is 6.34. The average molecular weight is 504 g/mol. The molecule has 1 aromatic heterocycles. The van der Waals surface area contributed by atoms with Gasteiger partial charge in [-0.2, -0.15) is 5.10 Å². The number of nitrogens with zero attached hydrogens (tertiary/aromatic N) is 3. The Hall–Kier alpha value is -4.05. The predicted molar refractivity (Wildman–Crippen MR) is 135 cm³/mol. The smallest absolute Gasteiger partial charge is 0.289 e. The number of rotatable bonds is 4. The molecule has 3 rings (SSSR count). The van der Waals surface area contributed by atoms with Crippen LogP contribution in [0.1, 0.15) is 42.5 Å². The molecule has 0 aliphatic carbocycles. The molecular weight excluding hydrogens is 474 g/mol. The van der Waals surface area contributed by atoms with Crippen molar-refractivity contribution < 1.29 is 24.6 Å². The fourth-order valence-electron chi connectivity index (χ4n) is 2.65. The van der Waals surface area contributed by atoms with Gasteiger partial charge in [-0.05, 0) is 43.7 Å². The molecule has 0 spiro atoms. The molecular formula is C24H30ClN5O5. The summed E-state index contributed by atoms with van der Waals surface area (Å²) in [7, 11) is 1.55. The van der Waals surface area contributed by atoms with Crippen LogP contribution < -0.4 is 15.8 Å². The minimum Gasteiger partial charge on any atom is -0.504 e. The highest BCUT2D eigenvalue weighted by atomic mass is 35.5. The van der Waals surface area contributed by atoms with E-state index < -0.39 is 5.91 Å². The van der Waals surface area contributed by atoms with E-state index in [9.17, 15) is 14.4 Å². The maximum atomic E-state index is 12.2. The molecule has 0 fully saturated rings. The van der Waals surface area contributed by atoms with Crippen LogP contribution in [-0.2, 0) is 9.59 Å². The summed E-state index contributed by atoms with van der Waals surface area (Å²) < 4.78 is 1.46. The molecule has 10 nitrogen and oxygen atoms in total. The predicted octanol–water partition coefficient (Wildman–Crippen LogP) is 3.64. The molecule has 0 atom stereocenters. The van der Waals surface area contributed by atoms with Crippen LogP contribution in [0.25, 0.3) is 5.69 Å². The fraction of sp³-hybridized carbons (Fsp3) is 0.250. The van der Waals surface area contributed by atoms with Gasteiger partial charge in [0.05, 0.1) is 16.4 Å². The monoisotopic (exact) mass is 503 g/mol. The SMILES string of the molecule is CC.CC(=O)NNC(=O)c1c(Cl)c(C)nn1-c1cccc(C)c1.CN(C=O)c1ccc(O)c(O)c1. The number of phenols is 2. The number of halogens is 1. The van der Waals surface area contributed by atoms with Gasteiger partial charge in [0, 0.05) is 25.7 Å². The van der Waals surface area contributed by atoms with Gasteiger partial charge in [0.1, 0.15) is 0 Å². The van der Waals surface area contributed by atoms with E-state index in [-0.39, 0.29) is 28.1 Å². The second-order valence-electron chi connectivity index (χ2n) is 7.02. The Morgan fingerprint density at radius 1 is 1.06 bits per heavy atom. The number of benzene rings is 2. The zero-order chi connectivity index (χ0) is 26.7. The van der Waals surface area contributed by atoms with Crippen molar-refractivity contribution in [1.29, 1.82) is 0 Å². The van der Waals surface area contributed by atoms with Crippen molar-refractivity contribution in [1.82, 2.24) is 20.6 Å². The van der Waals surface area contributed by atoms with Gasteiger partial charge in [0.15, 0.2) is 17.2 Å². The summed E-state index contributed by atoms with van der Waals surface area (Å²) in [6.07, 6.45) is 0.617. The average Bonchev–Trinajstić information content (AvgIpc) is 3.14. The molecule has 1 heterocycles. The standard InChI is InChI=1S/C14H15ClN4O2.C8H9NO3.C2H6/c1-8-5-4-6-11(7-8)19-13(12(15)9(2)18-19)14(21)17-16-10(3)20;1-9(5-10)6-2-3-7(11)8(12)4-6;1-2/h4-7H,1-3H3,(H,16,20)(H,17,21);2-5,11-12H,1H3;1-2H3. The summed E-state index contributed by atoms with van der Waals surface area (Å²) in [6.45, 7) is 8.95. The van der Waals surface area contributed by atoms with Gasteiger partial charge < -0.3 is 15.1 Å². The van der Waals surface area contributed by atoms with Crippen LogP contribution in [0.5, 0.6) is 11.5 Å². The van der Waals surface area contributed by atoms with E-state index >= 15 is 0 Å². The van der Waals surface area contributed by atoms with E-state index in [4.69, 9.17) is 21.8 Å². The van der Waals surface area contributed by atoms with Crippen LogP contribution in [0.3, 0.4) is 0 Å². The van der Waals surface area contributed by atoms with E-state index in [0.29, 0.717) is 17.8 Å². The van der Waals surface area contributed by atoms with Crippen molar-refractivity contribution >= 4 is 35.5 Å². The van der Waals surface area contributed by atoms with Crippen LogP contribution in [0.15, 0.2) is 42.5 Å². The number of amides is 3. The van der Waals surface area contributed by atoms with Crippen molar-refractivity contribution in [2.45, 2.75) is 34.6 Å². The number of aromatic nitrogens is 2. The minimum absolute atomic E-state index is 0.175. The first kappa shape index (κ1) is 29.0. The van der Waals surface area contributed by atoms with Crippen molar-refractivity contribution in [3.8, 4) is 17.2 Å². The van der Waals surface area contributed by atoms with Crippen LogP contribution in [0.2, 0.25) is 5.02 Å². The van der Waals surface area contributed by atoms with E-state index in [1.165, 1.54) is 34.7 Å². The summed E-state index contributed by atoms with van der Waals surface area (Å²) in [5, 5.41) is 22.5. The van der Waals surface area contributed by atoms with Gasteiger partial charge in [-0.25, -0.2) is 4.68 Å². The quantitative estimate of drug-likeness (QED) is 0.244. The lowest BCUT2D eigenvalue weighted by atomic mass is 10.2. The molecule has 4 N–H and O–H groups in total. The summed E-state index contributed by atoms with van der Waals surface area (Å²) >= 11 is 6.16. The number of carbonyl (C=O) groups excluding carboxylic acids is 3. The molecule has 0 aliphatic heterocycles. The van der Waals surface area contributed by atoms with E-state index in [1.807, 2.05) is 45.0 Å². The highest BCUT2D eigenvalue weighted by Crippen LogP contribution is 2.28. The Morgan fingerprint density at radius 2 is 1.71 bits per heavy atom. The van der Waals surface area contributed by atoms with Gasteiger partial charge in [0.25, 0.3) is 5.91 Å². The normalized spacial score (nSPS) is 9.57. The summed E-state index contributed by atoms with van der Waals surface area (Å²) in [4.78, 5) is 34.7. The van der Waals surface area contributed by atoms with E-state index in [0.717, 1.165) is 11.3 Å². The van der Waals surface area contributed by atoms with Crippen molar-refractivity contribution in [2.24, 2.45) is 0 Å². The fourth-order valence-corrected chi connectivity index (χ4v) is 2.85. The zero-order valence-electron chi connectivity index (χ0n) is 20.5. The first-order chi connectivity index (χ1) is 16.5. The number of hydrazine groups is 1. The van der Waals surface area contributed by atoms with Crippen molar-refractivity contribution in [3.05, 3.63) is 64.4 Å². The second-order valence-corrected chi connectivity index (χ2v) is 7.40.